The molecule has 0 aromatic heterocycles. The van der Waals surface area contributed by atoms with Crippen LogP contribution in [0.2, 0.25) is 0 Å². The molecule has 4 N–H and O–H groups in total. The molecule has 0 amide bonds. The van der Waals surface area contributed by atoms with Gasteiger partial charge in [0.1, 0.15) is 0 Å². The lowest BCUT2D eigenvalue weighted by Crippen LogP contribution is -2.36. The Labute approximate surface area is 123 Å². The van der Waals surface area contributed by atoms with E-state index in [1.807, 2.05) is 0 Å². The quantitative estimate of drug-likeness (QED) is 0.318. The summed E-state index contributed by atoms with van der Waals surface area (Å²) in [6.45, 7) is 8.68. The van der Waals surface area contributed by atoms with Crippen molar-refractivity contribution in [2.45, 2.75) is 6.92 Å². The van der Waals surface area contributed by atoms with E-state index in [0.29, 0.717) is 5.70 Å². The number of likely N-dealkylation sites (N-methyl/N-ethyl adjacent to an activating group) is 1. The molecule has 0 atom stereocenters. The summed E-state index contributed by atoms with van der Waals surface area (Å²) in [4.78, 5) is 14.8. The van der Waals surface area contributed by atoms with E-state index in [1.54, 1.807) is 31.4 Å². The molecule has 112 valence electrons. The predicted octanol–water partition coefficient (Wildman–Crippen LogP) is 1.01. The number of rotatable bonds is 7. The lowest BCUT2D eigenvalue weighted by molar-refractivity contribution is -0.132. The van der Waals surface area contributed by atoms with Crippen LogP contribution in [0.5, 0.6) is 0 Å². The van der Waals surface area contributed by atoms with Gasteiger partial charge in [0.15, 0.2) is 0 Å². The fraction of sp³-hybridized carbons (Fsp3) is 0.143. The molecule has 1 heterocycles. The highest BCUT2D eigenvalue weighted by Gasteiger charge is 2.16. The molecule has 0 fully saturated rings. The number of carboxylic acid groups (broad SMARTS) is 1. The van der Waals surface area contributed by atoms with Crippen molar-refractivity contribution in [3.05, 3.63) is 59.9 Å². The Hall–Kier alpha value is -2.80. The van der Waals surface area contributed by atoms with Crippen LogP contribution in [0, 0.1) is 0 Å². The van der Waals surface area contributed by atoms with E-state index in [2.05, 4.69) is 34.6 Å². The fourth-order valence-corrected chi connectivity index (χ4v) is 1.60. The Morgan fingerprint density at radius 1 is 1.57 bits per heavy atom. The van der Waals surface area contributed by atoms with Crippen LogP contribution in [0.4, 0.5) is 0 Å². The summed E-state index contributed by atoms with van der Waals surface area (Å²) in [7, 11) is 1.76. The highest BCUT2D eigenvalue weighted by atomic mass is 16.4. The molecule has 0 saturated heterocycles. The molecular formula is C14H19N5O2. The average molecular weight is 289 g/mol. The molecule has 0 spiro atoms. The molecule has 7 heteroatoms. The third-order valence-electron chi connectivity index (χ3n) is 2.64. The molecule has 0 aromatic carbocycles. The Balaban J connectivity index is 2.97. The van der Waals surface area contributed by atoms with Gasteiger partial charge in [-0.15, -0.1) is 5.53 Å². The average Bonchev–Trinajstić information content (AvgIpc) is 2.93. The second-order valence-corrected chi connectivity index (χ2v) is 4.07. The number of aliphatic carboxylic acids is 1. The van der Waals surface area contributed by atoms with E-state index in [9.17, 15) is 4.79 Å². The van der Waals surface area contributed by atoms with Crippen LogP contribution in [0.25, 0.3) is 0 Å². The monoisotopic (exact) mass is 289 g/mol. The predicted molar refractivity (Wildman–Crippen MR) is 82.6 cm³/mol. The summed E-state index contributed by atoms with van der Waals surface area (Å²) in [6, 6.07) is 0. The van der Waals surface area contributed by atoms with Crippen molar-refractivity contribution >= 4 is 12.7 Å². The van der Waals surface area contributed by atoms with Crippen molar-refractivity contribution in [1.29, 1.82) is 0 Å². The van der Waals surface area contributed by atoms with Crippen molar-refractivity contribution in [1.82, 2.24) is 21.3 Å². The molecule has 7 nitrogen and oxygen atoms in total. The number of carbonyl (C=O) groups is 1. The van der Waals surface area contributed by atoms with E-state index >= 15 is 0 Å². The fourth-order valence-electron chi connectivity index (χ4n) is 1.60. The van der Waals surface area contributed by atoms with Crippen LogP contribution >= 0.6 is 0 Å². The molecule has 1 aliphatic rings. The first-order valence-corrected chi connectivity index (χ1v) is 6.14. The Bertz CT molecular complexity index is 558. The molecule has 21 heavy (non-hydrogen) atoms. The molecule has 0 bridgehead atoms. The summed E-state index contributed by atoms with van der Waals surface area (Å²) in [5.74, 6) is -1.02. The third-order valence-corrected chi connectivity index (χ3v) is 2.64. The van der Waals surface area contributed by atoms with Crippen LogP contribution in [0.1, 0.15) is 6.92 Å². The summed E-state index contributed by atoms with van der Waals surface area (Å²) < 4.78 is 0. The Morgan fingerprint density at radius 2 is 2.29 bits per heavy atom. The maximum Gasteiger partial charge on any atom is 0.335 e. The lowest BCUT2D eigenvalue weighted by atomic mass is 10.2. The second kappa shape index (κ2) is 7.71. The molecule has 0 unspecified atom stereocenters. The maximum atomic E-state index is 11.1. The van der Waals surface area contributed by atoms with E-state index < -0.39 is 5.97 Å². The van der Waals surface area contributed by atoms with Crippen molar-refractivity contribution in [3.63, 3.8) is 0 Å². The standard InChI is InChI=1S/C14H19N5O2/c1-5-6-11(14(20)21)7-10(2)19-9-13(17-18-19)12(16-4)8-15-3/h5-9,16-18H,1,3H2,2,4H3,(H,20,21)/b10-7+,11-6+,12-8-. The molecular weight excluding hydrogens is 270 g/mol. The van der Waals surface area contributed by atoms with Gasteiger partial charge in [-0.05, 0) is 25.8 Å². The van der Waals surface area contributed by atoms with E-state index in [0.717, 1.165) is 11.4 Å². The maximum absolute atomic E-state index is 11.1. The second-order valence-electron chi connectivity index (χ2n) is 4.07. The largest absolute Gasteiger partial charge is 0.478 e. The van der Waals surface area contributed by atoms with Gasteiger partial charge in [0.05, 0.1) is 23.2 Å². The van der Waals surface area contributed by atoms with Gasteiger partial charge in [-0.3, -0.25) is 15.4 Å². The van der Waals surface area contributed by atoms with Crippen LogP contribution in [0.3, 0.4) is 0 Å². The number of carboxylic acids is 1. The molecule has 0 aliphatic carbocycles. The van der Waals surface area contributed by atoms with Crippen LogP contribution in [-0.2, 0) is 4.79 Å². The van der Waals surface area contributed by atoms with Crippen molar-refractivity contribution in [3.8, 4) is 0 Å². The summed E-state index contributed by atoms with van der Waals surface area (Å²) in [5, 5.41) is 13.7. The molecule has 0 radical (unpaired) electrons. The smallest absolute Gasteiger partial charge is 0.335 e. The normalized spacial score (nSPS) is 16.2. The van der Waals surface area contributed by atoms with Crippen molar-refractivity contribution in [2.24, 2.45) is 4.99 Å². The number of nitrogens with one attached hydrogen (secondary N) is 3. The number of hydrogen-bond donors (Lipinski definition) is 4. The summed E-state index contributed by atoms with van der Waals surface area (Å²) in [6.07, 6.45) is 7.74. The SMILES string of the molecule is C=C/C=C(\C=C(/C)N1C=C(/C(=C/N=C)NC)NN1)C(=O)O. The van der Waals surface area contributed by atoms with Gasteiger partial charge >= 0.3 is 5.97 Å². The number of nitrogens with zero attached hydrogens (tertiary/aromatic N) is 2. The first-order valence-electron chi connectivity index (χ1n) is 6.14. The lowest BCUT2D eigenvalue weighted by Gasteiger charge is -2.15. The molecule has 1 aliphatic heterocycles. The van der Waals surface area contributed by atoms with E-state index in [4.69, 9.17) is 5.11 Å². The molecule has 0 aromatic rings. The van der Waals surface area contributed by atoms with Gasteiger partial charge in [-0.2, -0.15) is 0 Å². The Morgan fingerprint density at radius 3 is 2.81 bits per heavy atom. The third kappa shape index (κ3) is 4.36. The van der Waals surface area contributed by atoms with Gasteiger partial charge in [0.2, 0.25) is 0 Å². The topological polar surface area (TPSA) is 89.0 Å². The van der Waals surface area contributed by atoms with E-state index in [1.165, 1.54) is 18.2 Å². The number of hydrazine groups is 2. The van der Waals surface area contributed by atoms with Crippen molar-refractivity contribution in [2.75, 3.05) is 7.05 Å². The zero-order valence-electron chi connectivity index (χ0n) is 12.1. The van der Waals surface area contributed by atoms with Gasteiger partial charge in [0.25, 0.3) is 0 Å². The first kappa shape index (κ1) is 16.3. The zero-order valence-corrected chi connectivity index (χ0v) is 12.1. The highest BCUT2D eigenvalue weighted by molar-refractivity contribution is 5.90. The summed E-state index contributed by atoms with van der Waals surface area (Å²) >= 11 is 0. The first-order chi connectivity index (χ1) is 10.0. The van der Waals surface area contributed by atoms with Gasteiger partial charge in [0, 0.05) is 18.9 Å². The van der Waals surface area contributed by atoms with Crippen molar-refractivity contribution < 1.29 is 9.90 Å². The number of allylic oxidation sites excluding steroid dienone is 3. The van der Waals surface area contributed by atoms with Crippen LogP contribution < -0.4 is 16.3 Å². The summed E-state index contributed by atoms with van der Waals surface area (Å²) in [5.41, 5.74) is 8.18. The number of aliphatic imine (C=N–C) groups is 1. The Kier molecular flexibility index (Phi) is 5.97. The number of hydrogen-bond acceptors (Lipinski definition) is 6. The highest BCUT2D eigenvalue weighted by Crippen LogP contribution is 2.14. The van der Waals surface area contributed by atoms with Crippen LogP contribution in [-0.4, -0.2) is 29.8 Å². The minimum absolute atomic E-state index is 0.142. The zero-order chi connectivity index (χ0) is 15.8. The van der Waals surface area contributed by atoms with E-state index in [-0.39, 0.29) is 5.57 Å². The minimum Gasteiger partial charge on any atom is -0.478 e. The molecule has 0 saturated carbocycles. The minimum atomic E-state index is -1.02. The van der Waals surface area contributed by atoms with Gasteiger partial charge in [-0.1, -0.05) is 12.7 Å². The van der Waals surface area contributed by atoms with Gasteiger partial charge < -0.3 is 10.4 Å². The van der Waals surface area contributed by atoms with Gasteiger partial charge in [-0.25, -0.2) is 4.79 Å². The molecule has 1 rings (SSSR count). The van der Waals surface area contributed by atoms with Crippen LogP contribution in [0.15, 0.2) is 64.9 Å².